The molecule has 0 atom stereocenters. The first-order chi connectivity index (χ1) is 12.9. The first-order valence-corrected chi connectivity index (χ1v) is 9.96. The summed E-state index contributed by atoms with van der Waals surface area (Å²) in [5, 5.41) is 6.43. The Morgan fingerprint density at radius 2 is 1.71 bits per heavy atom. The van der Waals surface area contributed by atoms with Gasteiger partial charge in [-0.3, -0.25) is 9.69 Å². The lowest BCUT2D eigenvalue weighted by Crippen LogP contribution is -2.44. The van der Waals surface area contributed by atoms with Gasteiger partial charge in [-0.25, -0.2) is 4.99 Å². The van der Waals surface area contributed by atoms with E-state index in [4.69, 9.17) is 0 Å². The van der Waals surface area contributed by atoms with Crippen LogP contribution in [0.1, 0.15) is 37.8 Å². The lowest BCUT2D eigenvalue weighted by molar-refractivity contribution is -0.127. The highest BCUT2D eigenvalue weighted by molar-refractivity contribution is 14.0. The highest BCUT2D eigenvalue weighted by Crippen LogP contribution is 2.13. The molecule has 7 heteroatoms. The van der Waals surface area contributed by atoms with Crippen molar-refractivity contribution in [2.45, 2.75) is 39.8 Å². The predicted molar refractivity (Wildman–Crippen MR) is 127 cm³/mol. The first kappa shape index (κ1) is 24.7. The van der Waals surface area contributed by atoms with Crippen LogP contribution in [0.15, 0.2) is 29.3 Å². The number of likely N-dealkylation sites (N-methyl/N-ethyl adjacent to an activating group) is 1. The molecule has 1 aromatic carbocycles. The zero-order valence-corrected chi connectivity index (χ0v) is 20.0. The van der Waals surface area contributed by atoms with E-state index in [-0.39, 0.29) is 36.4 Å². The average molecular weight is 501 g/mol. The molecule has 1 aromatic rings. The van der Waals surface area contributed by atoms with Crippen molar-refractivity contribution in [3.63, 3.8) is 0 Å². The quantitative estimate of drug-likeness (QED) is 0.327. The SMILES string of the molecule is CC(C)CNC(=NCc1ccc(CN2CCCC2)cc1)NCC(=O)N(C)C.I. The van der Waals surface area contributed by atoms with E-state index in [1.807, 2.05) is 0 Å². The van der Waals surface area contributed by atoms with E-state index in [0.717, 1.165) is 13.1 Å². The molecule has 0 bridgehead atoms. The van der Waals surface area contributed by atoms with Gasteiger partial charge < -0.3 is 15.5 Å². The molecule has 2 N–H and O–H groups in total. The van der Waals surface area contributed by atoms with Gasteiger partial charge in [-0.15, -0.1) is 24.0 Å². The molecule has 6 nitrogen and oxygen atoms in total. The Kier molecular flexibility index (Phi) is 11.4. The van der Waals surface area contributed by atoms with Gasteiger partial charge in [0.25, 0.3) is 0 Å². The summed E-state index contributed by atoms with van der Waals surface area (Å²) in [6, 6.07) is 8.71. The van der Waals surface area contributed by atoms with Crippen LogP contribution < -0.4 is 10.6 Å². The Bertz CT molecular complexity index is 610. The zero-order valence-electron chi connectivity index (χ0n) is 17.7. The number of guanidine groups is 1. The number of hydrogen-bond acceptors (Lipinski definition) is 3. The summed E-state index contributed by atoms with van der Waals surface area (Å²) >= 11 is 0. The normalized spacial score (nSPS) is 14.7. The third-order valence-corrected chi connectivity index (χ3v) is 4.63. The van der Waals surface area contributed by atoms with Crippen molar-refractivity contribution in [3.8, 4) is 0 Å². The van der Waals surface area contributed by atoms with E-state index >= 15 is 0 Å². The fraction of sp³-hybridized carbons (Fsp3) is 0.619. The molecule has 2 rings (SSSR count). The van der Waals surface area contributed by atoms with Gasteiger partial charge >= 0.3 is 0 Å². The first-order valence-electron chi connectivity index (χ1n) is 9.96. The molecule has 1 aliphatic rings. The van der Waals surface area contributed by atoms with E-state index in [1.54, 1.807) is 19.0 Å². The smallest absolute Gasteiger partial charge is 0.241 e. The van der Waals surface area contributed by atoms with Crippen molar-refractivity contribution in [1.82, 2.24) is 20.4 Å². The van der Waals surface area contributed by atoms with Crippen LogP contribution in [0.25, 0.3) is 0 Å². The van der Waals surface area contributed by atoms with Crippen LogP contribution in [-0.2, 0) is 17.9 Å². The topological polar surface area (TPSA) is 60.0 Å². The summed E-state index contributed by atoms with van der Waals surface area (Å²) in [6.07, 6.45) is 2.64. The van der Waals surface area contributed by atoms with Gasteiger partial charge in [0.15, 0.2) is 5.96 Å². The minimum absolute atomic E-state index is 0. The molecule has 158 valence electrons. The summed E-state index contributed by atoms with van der Waals surface area (Å²) in [5.74, 6) is 1.21. The highest BCUT2D eigenvalue weighted by Gasteiger charge is 2.11. The zero-order chi connectivity index (χ0) is 19.6. The molecular weight excluding hydrogens is 465 g/mol. The van der Waals surface area contributed by atoms with Gasteiger partial charge in [0, 0.05) is 27.2 Å². The second-order valence-corrected chi connectivity index (χ2v) is 7.88. The number of nitrogens with zero attached hydrogens (tertiary/aromatic N) is 3. The molecule has 0 aliphatic carbocycles. The van der Waals surface area contributed by atoms with Gasteiger partial charge in [0.1, 0.15) is 0 Å². The number of carbonyl (C=O) groups is 1. The predicted octanol–water partition coefficient (Wildman–Crippen LogP) is 2.68. The molecule has 1 aliphatic heterocycles. The number of likely N-dealkylation sites (tertiary alicyclic amines) is 1. The van der Waals surface area contributed by atoms with Crippen LogP contribution in [0.2, 0.25) is 0 Å². The molecule has 0 spiro atoms. The van der Waals surface area contributed by atoms with Crippen LogP contribution in [0.3, 0.4) is 0 Å². The minimum atomic E-state index is 0. The Hall–Kier alpha value is -1.35. The molecule has 0 aromatic heterocycles. The van der Waals surface area contributed by atoms with Crippen molar-refractivity contribution in [2.24, 2.45) is 10.9 Å². The fourth-order valence-electron chi connectivity index (χ4n) is 2.91. The molecule has 0 saturated carbocycles. The van der Waals surface area contributed by atoms with Gasteiger partial charge in [-0.2, -0.15) is 0 Å². The van der Waals surface area contributed by atoms with E-state index < -0.39 is 0 Å². The van der Waals surface area contributed by atoms with Crippen LogP contribution in [0.4, 0.5) is 0 Å². The van der Waals surface area contributed by atoms with Gasteiger partial charge in [0.05, 0.1) is 13.1 Å². The fourth-order valence-corrected chi connectivity index (χ4v) is 2.91. The number of benzene rings is 1. The summed E-state index contributed by atoms with van der Waals surface area (Å²) < 4.78 is 0. The number of amides is 1. The Morgan fingerprint density at radius 3 is 2.29 bits per heavy atom. The Labute approximate surface area is 187 Å². The van der Waals surface area contributed by atoms with E-state index in [2.05, 4.69) is 58.6 Å². The summed E-state index contributed by atoms with van der Waals surface area (Å²) in [5.41, 5.74) is 2.53. The Morgan fingerprint density at radius 1 is 1.11 bits per heavy atom. The van der Waals surface area contributed by atoms with Crippen LogP contribution in [0, 0.1) is 5.92 Å². The standard InChI is InChI=1S/C21H35N5O.HI/c1-17(2)13-22-21(24-15-20(27)25(3)4)23-14-18-7-9-19(10-8-18)16-26-11-5-6-12-26;/h7-10,17H,5-6,11-16H2,1-4H3,(H2,22,23,24);1H. The monoisotopic (exact) mass is 501 g/mol. The molecule has 28 heavy (non-hydrogen) atoms. The Balaban J connectivity index is 0.00000392. The number of rotatable bonds is 8. The second kappa shape index (κ2) is 13.0. The number of aliphatic imine (C=N–C) groups is 1. The van der Waals surface area contributed by atoms with E-state index in [0.29, 0.717) is 18.4 Å². The van der Waals surface area contributed by atoms with E-state index in [1.165, 1.54) is 37.1 Å². The number of hydrogen-bond donors (Lipinski definition) is 2. The largest absolute Gasteiger partial charge is 0.356 e. The maximum atomic E-state index is 11.8. The lowest BCUT2D eigenvalue weighted by atomic mass is 10.1. The molecule has 0 radical (unpaired) electrons. The van der Waals surface area contributed by atoms with Crippen LogP contribution in [0.5, 0.6) is 0 Å². The van der Waals surface area contributed by atoms with Crippen molar-refractivity contribution in [2.75, 3.05) is 40.3 Å². The minimum Gasteiger partial charge on any atom is -0.356 e. The molecule has 0 unspecified atom stereocenters. The molecule has 1 saturated heterocycles. The summed E-state index contributed by atoms with van der Waals surface area (Å²) in [4.78, 5) is 20.5. The second-order valence-electron chi connectivity index (χ2n) is 7.88. The maximum Gasteiger partial charge on any atom is 0.241 e. The van der Waals surface area contributed by atoms with Crippen molar-refractivity contribution >= 4 is 35.8 Å². The third-order valence-electron chi connectivity index (χ3n) is 4.63. The van der Waals surface area contributed by atoms with Gasteiger partial charge in [0.2, 0.25) is 5.91 Å². The highest BCUT2D eigenvalue weighted by atomic mass is 127. The van der Waals surface area contributed by atoms with Crippen molar-refractivity contribution in [1.29, 1.82) is 0 Å². The average Bonchev–Trinajstić information content (AvgIpc) is 3.14. The summed E-state index contributed by atoms with van der Waals surface area (Å²) in [7, 11) is 3.51. The lowest BCUT2D eigenvalue weighted by Gasteiger charge is -2.16. The van der Waals surface area contributed by atoms with E-state index in [9.17, 15) is 4.79 Å². The number of nitrogens with one attached hydrogen (secondary N) is 2. The molecule has 1 heterocycles. The number of halogens is 1. The van der Waals surface area contributed by atoms with Crippen LogP contribution >= 0.6 is 24.0 Å². The maximum absolute atomic E-state index is 11.8. The van der Waals surface area contributed by atoms with Crippen LogP contribution in [-0.4, -0.2) is 61.9 Å². The van der Waals surface area contributed by atoms with Crippen molar-refractivity contribution < 1.29 is 4.79 Å². The summed E-state index contributed by atoms with van der Waals surface area (Å²) in [6.45, 7) is 9.42. The molecular formula is C21H36IN5O. The molecule has 1 fully saturated rings. The van der Waals surface area contributed by atoms with Gasteiger partial charge in [-0.05, 0) is 43.0 Å². The molecule has 1 amide bonds. The third kappa shape index (κ3) is 9.23. The van der Waals surface area contributed by atoms with Crippen molar-refractivity contribution in [3.05, 3.63) is 35.4 Å². The number of carbonyl (C=O) groups excluding carboxylic acids is 1. The van der Waals surface area contributed by atoms with Gasteiger partial charge in [-0.1, -0.05) is 38.1 Å².